The van der Waals surface area contributed by atoms with Gasteiger partial charge in [-0.1, -0.05) is 22.0 Å². The third-order valence-corrected chi connectivity index (χ3v) is 5.84. The van der Waals surface area contributed by atoms with E-state index in [4.69, 9.17) is 0 Å². The number of hydrogen-bond donors (Lipinski definition) is 1. The van der Waals surface area contributed by atoms with Crippen molar-refractivity contribution < 1.29 is 4.79 Å². The van der Waals surface area contributed by atoms with Gasteiger partial charge >= 0.3 is 0 Å². The lowest BCUT2D eigenvalue weighted by Gasteiger charge is -2.36. The maximum absolute atomic E-state index is 12.5. The molecule has 0 spiro atoms. The van der Waals surface area contributed by atoms with Crippen molar-refractivity contribution in [2.45, 2.75) is 38.9 Å². The van der Waals surface area contributed by atoms with Crippen molar-refractivity contribution in [1.82, 2.24) is 15.1 Å². The number of likely N-dealkylation sites (N-methyl/N-ethyl adjacent to an activating group) is 1. The van der Waals surface area contributed by atoms with Gasteiger partial charge in [-0.2, -0.15) is 5.11 Å². The van der Waals surface area contributed by atoms with Crippen molar-refractivity contribution in [3.8, 4) is 0 Å². The highest BCUT2D eigenvalue weighted by Gasteiger charge is 2.35. The summed E-state index contributed by atoms with van der Waals surface area (Å²) in [5.41, 5.74) is 0.733. The summed E-state index contributed by atoms with van der Waals surface area (Å²) in [6.07, 6.45) is 5.09. The Morgan fingerprint density at radius 1 is 1.42 bits per heavy atom. The van der Waals surface area contributed by atoms with Gasteiger partial charge in [0.25, 0.3) is 0 Å². The number of aliphatic imine (C=N–C) groups is 1. The minimum absolute atomic E-state index is 0.0235. The molecule has 26 heavy (non-hydrogen) atoms. The van der Waals surface area contributed by atoms with E-state index < -0.39 is 0 Å². The zero-order valence-electron chi connectivity index (χ0n) is 15.7. The van der Waals surface area contributed by atoms with Gasteiger partial charge < -0.3 is 10.2 Å². The number of carbonyl (C=O) groups is 1. The fourth-order valence-electron chi connectivity index (χ4n) is 3.37. The Hall–Kier alpha value is -1.38. The quantitative estimate of drug-likeness (QED) is 0.691. The van der Waals surface area contributed by atoms with Gasteiger partial charge in [0.15, 0.2) is 12.0 Å². The highest BCUT2D eigenvalue weighted by atomic mass is 79.9. The lowest BCUT2D eigenvalue weighted by Crippen LogP contribution is -2.48. The molecule has 0 radical (unpaired) electrons. The highest BCUT2D eigenvalue weighted by molar-refractivity contribution is 9.11. The van der Waals surface area contributed by atoms with Gasteiger partial charge in [0.05, 0.1) is 5.92 Å². The lowest BCUT2D eigenvalue weighted by molar-refractivity contribution is -0.118. The molecule has 3 heterocycles. The van der Waals surface area contributed by atoms with Crippen LogP contribution < -0.4 is 5.32 Å². The van der Waals surface area contributed by atoms with Crippen molar-refractivity contribution >= 4 is 27.7 Å². The normalized spacial score (nSPS) is 28.4. The van der Waals surface area contributed by atoms with E-state index in [2.05, 4.69) is 60.2 Å². The number of carbonyl (C=O) groups excluding carboxylic acids is 1. The molecule has 0 bridgehead atoms. The summed E-state index contributed by atoms with van der Waals surface area (Å²) in [6, 6.07) is 0.441. The van der Waals surface area contributed by atoms with Crippen LogP contribution in [0.2, 0.25) is 0 Å². The van der Waals surface area contributed by atoms with Crippen LogP contribution in [0, 0.1) is 5.92 Å². The highest BCUT2D eigenvalue weighted by Crippen LogP contribution is 2.30. The van der Waals surface area contributed by atoms with Crippen molar-refractivity contribution in [1.29, 1.82) is 0 Å². The summed E-state index contributed by atoms with van der Waals surface area (Å²) in [6.45, 7) is 8.48. The number of nitrogens with one attached hydrogen (secondary N) is 1. The van der Waals surface area contributed by atoms with Gasteiger partial charge in [-0.3, -0.25) is 9.69 Å². The molecule has 0 aromatic rings. The van der Waals surface area contributed by atoms with Gasteiger partial charge in [-0.25, -0.2) is 4.99 Å². The fraction of sp³-hybridized carbons (Fsp3) is 0.667. The minimum atomic E-state index is -0.332. The molecule has 1 fully saturated rings. The van der Waals surface area contributed by atoms with Gasteiger partial charge in [0.2, 0.25) is 5.91 Å². The Labute approximate surface area is 163 Å². The lowest BCUT2D eigenvalue weighted by atomic mass is 10.00. The number of allylic oxidation sites excluding steroid dienone is 1. The van der Waals surface area contributed by atoms with E-state index in [0.717, 1.165) is 49.1 Å². The van der Waals surface area contributed by atoms with Crippen LogP contribution in [0.4, 0.5) is 0 Å². The van der Waals surface area contributed by atoms with E-state index in [1.807, 2.05) is 13.0 Å². The predicted octanol–water partition coefficient (Wildman–Crippen LogP) is 2.52. The van der Waals surface area contributed by atoms with Crippen molar-refractivity contribution in [2.75, 3.05) is 33.2 Å². The maximum atomic E-state index is 12.5. The monoisotopic (exact) mass is 422 g/mol. The van der Waals surface area contributed by atoms with E-state index in [1.165, 1.54) is 0 Å². The Bertz CT molecular complexity index is 663. The van der Waals surface area contributed by atoms with Crippen LogP contribution in [-0.2, 0) is 4.79 Å². The molecule has 0 aliphatic carbocycles. The number of nitrogens with zero attached hydrogens (tertiary/aromatic N) is 5. The Kier molecular flexibility index (Phi) is 6.37. The van der Waals surface area contributed by atoms with E-state index >= 15 is 0 Å². The molecule has 1 amide bonds. The van der Waals surface area contributed by atoms with Crippen molar-refractivity contribution in [3.05, 3.63) is 22.3 Å². The van der Waals surface area contributed by atoms with Crippen LogP contribution in [0.5, 0.6) is 0 Å². The predicted molar refractivity (Wildman–Crippen MR) is 106 cm³/mol. The average molecular weight is 423 g/mol. The molecule has 1 N–H and O–H groups in total. The number of fused-ring (bicyclic) bond motifs is 1. The average Bonchev–Trinajstić information content (AvgIpc) is 3.02. The first-order valence-corrected chi connectivity index (χ1v) is 9.96. The standard InChI is InChI=1S/C18H27BrN6O/c1-12(4-5-13(2)25-8-6-24(3)7-9-25)18(26)21-17-15-10-14(19)11-20-16(15)22-23-17/h4,11,13,15,17H,5-10H2,1-3H3,(H,21,26)/b12-4+/t13-,15?,17?/m1/s1. The molecule has 1 saturated heterocycles. The summed E-state index contributed by atoms with van der Waals surface area (Å²) in [7, 11) is 2.16. The molecule has 3 rings (SSSR count). The number of rotatable bonds is 5. The second-order valence-corrected chi connectivity index (χ2v) is 8.34. The van der Waals surface area contributed by atoms with Gasteiger partial charge in [0.1, 0.15) is 0 Å². The van der Waals surface area contributed by atoms with E-state index in [0.29, 0.717) is 11.9 Å². The Morgan fingerprint density at radius 3 is 2.88 bits per heavy atom. The first-order chi connectivity index (χ1) is 12.4. The number of azo groups is 1. The maximum Gasteiger partial charge on any atom is 0.248 e. The van der Waals surface area contributed by atoms with E-state index in [-0.39, 0.29) is 18.0 Å². The molecule has 0 aromatic heterocycles. The third-order valence-electron chi connectivity index (χ3n) is 5.31. The van der Waals surface area contributed by atoms with Crippen LogP contribution in [0.15, 0.2) is 37.6 Å². The van der Waals surface area contributed by atoms with Crippen LogP contribution in [-0.4, -0.2) is 67.0 Å². The molecule has 0 saturated carbocycles. The summed E-state index contributed by atoms with van der Waals surface area (Å²) in [5.74, 6) is 0.644. The zero-order valence-corrected chi connectivity index (χ0v) is 17.2. The molecular formula is C18H27BrN6O. The molecule has 8 heteroatoms. The van der Waals surface area contributed by atoms with Crippen molar-refractivity contribution in [2.24, 2.45) is 21.1 Å². The van der Waals surface area contributed by atoms with Crippen molar-refractivity contribution in [3.63, 3.8) is 0 Å². The molecule has 2 unspecified atom stereocenters. The van der Waals surface area contributed by atoms with Gasteiger partial charge in [0, 0.05) is 48.5 Å². The fourth-order valence-corrected chi connectivity index (χ4v) is 3.82. The third kappa shape index (κ3) is 4.66. The molecule has 0 aromatic carbocycles. The molecule has 3 atom stereocenters. The van der Waals surface area contributed by atoms with E-state index in [9.17, 15) is 4.79 Å². The zero-order chi connectivity index (χ0) is 18.7. The van der Waals surface area contributed by atoms with Crippen LogP contribution in [0.25, 0.3) is 0 Å². The van der Waals surface area contributed by atoms with Crippen LogP contribution >= 0.6 is 15.9 Å². The SMILES string of the molecule is C/C(=C\C[C@@H](C)N1CCN(C)CC1)C(=O)NC1N=NC2=NC=C(Br)CC21. The largest absolute Gasteiger partial charge is 0.328 e. The number of amidine groups is 1. The molecule has 7 nitrogen and oxygen atoms in total. The number of amides is 1. The second kappa shape index (κ2) is 8.54. The van der Waals surface area contributed by atoms with Crippen LogP contribution in [0.3, 0.4) is 0 Å². The minimum Gasteiger partial charge on any atom is -0.328 e. The number of hydrogen-bond acceptors (Lipinski definition) is 6. The first kappa shape index (κ1) is 19.4. The summed E-state index contributed by atoms with van der Waals surface area (Å²) in [4.78, 5) is 21.6. The summed E-state index contributed by atoms with van der Waals surface area (Å²) >= 11 is 3.47. The number of halogens is 1. The molecule has 142 valence electrons. The van der Waals surface area contributed by atoms with Gasteiger partial charge in [-0.05, 0) is 33.7 Å². The summed E-state index contributed by atoms with van der Waals surface area (Å²) in [5, 5.41) is 11.3. The van der Waals surface area contributed by atoms with Crippen LogP contribution in [0.1, 0.15) is 26.7 Å². The Morgan fingerprint density at radius 2 is 2.15 bits per heavy atom. The molecule has 3 aliphatic rings. The Balaban J connectivity index is 1.50. The summed E-state index contributed by atoms with van der Waals surface area (Å²) < 4.78 is 1.01. The second-order valence-electron chi connectivity index (χ2n) is 7.32. The topological polar surface area (TPSA) is 72.7 Å². The first-order valence-electron chi connectivity index (χ1n) is 9.17. The number of piperazine rings is 1. The smallest absolute Gasteiger partial charge is 0.248 e. The van der Waals surface area contributed by atoms with Gasteiger partial charge in [-0.15, -0.1) is 5.11 Å². The molecular weight excluding hydrogens is 396 g/mol. The van der Waals surface area contributed by atoms with E-state index in [1.54, 1.807) is 6.20 Å². The molecule has 3 aliphatic heterocycles.